The van der Waals surface area contributed by atoms with E-state index in [1.807, 2.05) is 18.2 Å². The molecule has 0 aliphatic heterocycles. The zero-order chi connectivity index (χ0) is 13.0. The lowest BCUT2D eigenvalue weighted by molar-refractivity contribution is 0.190. The van der Waals surface area contributed by atoms with Crippen molar-refractivity contribution in [2.75, 3.05) is 0 Å². The summed E-state index contributed by atoms with van der Waals surface area (Å²) in [5, 5.41) is 4.29. The Morgan fingerprint density at radius 3 is 2.67 bits per heavy atom. The highest BCUT2D eigenvalue weighted by molar-refractivity contribution is 6.30. The van der Waals surface area contributed by atoms with Crippen LogP contribution in [0.4, 0.5) is 0 Å². The Bertz CT molecular complexity index is 386. The fraction of sp³-hybridized carbons (Fsp3) is 0.600. The Morgan fingerprint density at radius 2 is 2.06 bits per heavy atom. The van der Waals surface area contributed by atoms with Gasteiger partial charge in [-0.05, 0) is 43.9 Å². The van der Waals surface area contributed by atoms with Crippen LogP contribution >= 0.6 is 11.6 Å². The second-order valence-electron chi connectivity index (χ2n) is 4.96. The van der Waals surface area contributed by atoms with Gasteiger partial charge in [0.25, 0.3) is 0 Å². The molecule has 1 saturated carbocycles. The molecule has 3 heteroatoms. The van der Waals surface area contributed by atoms with E-state index in [0.29, 0.717) is 12.1 Å². The maximum Gasteiger partial charge on any atom is 0.124 e. The Balaban J connectivity index is 2.05. The average molecular weight is 268 g/mol. The van der Waals surface area contributed by atoms with Crippen molar-refractivity contribution in [1.82, 2.24) is 5.32 Å². The van der Waals surface area contributed by atoms with Crippen LogP contribution in [0, 0.1) is 0 Å². The number of hydrogen-bond acceptors (Lipinski definition) is 2. The van der Waals surface area contributed by atoms with Crippen LogP contribution in [0.25, 0.3) is 0 Å². The Labute approximate surface area is 115 Å². The van der Waals surface area contributed by atoms with Gasteiger partial charge in [-0.25, -0.2) is 0 Å². The van der Waals surface area contributed by atoms with Gasteiger partial charge in [0.15, 0.2) is 0 Å². The number of nitrogens with one attached hydrogen (secondary N) is 1. The molecule has 18 heavy (non-hydrogen) atoms. The van der Waals surface area contributed by atoms with Gasteiger partial charge in [0.2, 0.25) is 0 Å². The monoisotopic (exact) mass is 267 g/mol. The molecule has 0 unspecified atom stereocenters. The molecule has 1 aromatic rings. The van der Waals surface area contributed by atoms with Crippen LogP contribution in [-0.4, -0.2) is 12.1 Å². The number of ether oxygens (including phenoxy) is 1. The van der Waals surface area contributed by atoms with Gasteiger partial charge < -0.3 is 10.1 Å². The smallest absolute Gasteiger partial charge is 0.124 e. The molecule has 0 amide bonds. The molecule has 1 N–H and O–H groups in total. The first-order chi connectivity index (χ1) is 8.72. The van der Waals surface area contributed by atoms with Gasteiger partial charge in [0, 0.05) is 23.2 Å². The molecule has 2 rings (SSSR count). The molecule has 1 aliphatic rings. The molecule has 0 spiro atoms. The molecular weight excluding hydrogens is 246 g/mol. The lowest BCUT2D eigenvalue weighted by atomic mass is 10.1. The molecule has 100 valence electrons. The zero-order valence-electron chi connectivity index (χ0n) is 11.2. The summed E-state index contributed by atoms with van der Waals surface area (Å²) in [7, 11) is 0. The van der Waals surface area contributed by atoms with Crippen LogP contribution < -0.4 is 10.1 Å². The minimum absolute atomic E-state index is 0.297. The van der Waals surface area contributed by atoms with E-state index in [-0.39, 0.29) is 0 Å². The summed E-state index contributed by atoms with van der Waals surface area (Å²) in [4.78, 5) is 0. The fourth-order valence-corrected chi connectivity index (χ4v) is 2.17. The molecule has 0 bridgehead atoms. The van der Waals surface area contributed by atoms with Crippen molar-refractivity contribution in [2.45, 2.75) is 58.2 Å². The molecule has 1 aliphatic carbocycles. The highest BCUT2D eigenvalue weighted by atomic mass is 35.5. The first kappa shape index (κ1) is 13.7. The van der Waals surface area contributed by atoms with Crippen LogP contribution in [0.15, 0.2) is 18.2 Å². The van der Waals surface area contributed by atoms with E-state index < -0.39 is 0 Å². The zero-order valence-corrected chi connectivity index (χ0v) is 12.0. The topological polar surface area (TPSA) is 21.3 Å². The van der Waals surface area contributed by atoms with E-state index in [2.05, 4.69) is 19.2 Å². The normalized spacial score (nSPS) is 15.1. The van der Waals surface area contributed by atoms with Crippen molar-refractivity contribution < 1.29 is 4.74 Å². The molecule has 0 aromatic heterocycles. The van der Waals surface area contributed by atoms with Crippen molar-refractivity contribution in [2.24, 2.45) is 0 Å². The third kappa shape index (κ3) is 3.89. The van der Waals surface area contributed by atoms with E-state index in [9.17, 15) is 0 Å². The van der Waals surface area contributed by atoms with E-state index >= 15 is 0 Å². The van der Waals surface area contributed by atoms with E-state index in [1.165, 1.54) is 18.4 Å². The predicted molar refractivity (Wildman–Crippen MR) is 76.3 cm³/mol. The Morgan fingerprint density at radius 1 is 1.33 bits per heavy atom. The third-order valence-corrected chi connectivity index (χ3v) is 3.62. The van der Waals surface area contributed by atoms with Crippen LogP contribution in [-0.2, 0) is 6.54 Å². The van der Waals surface area contributed by atoms with Crippen LogP contribution in [0.3, 0.4) is 0 Å². The van der Waals surface area contributed by atoms with Gasteiger partial charge in [-0.1, -0.05) is 25.4 Å². The molecule has 0 heterocycles. The molecule has 1 fully saturated rings. The molecule has 1 aromatic carbocycles. The molecule has 0 radical (unpaired) electrons. The largest absolute Gasteiger partial charge is 0.490 e. The van der Waals surface area contributed by atoms with Crippen molar-refractivity contribution in [3.63, 3.8) is 0 Å². The fourth-order valence-electron chi connectivity index (χ4n) is 1.98. The first-order valence-electron chi connectivity index (χ1n) is 6.91. The quantitative estimate of drug-likeness (QED) is 0.801. The van der Waals surface area contributed by atoms with Crippen LogP contribution in [0.1, 0.15) is 45.1 Å². The molecule has 0 atom stereocenters. The summed E-state index contributed by atoms with van der Waals surface area (Å²) >= 11 is 6.07. The molecular formula is C15H22ClNO. The minimum atomic E-state index is 0.297. The number of hydrogen-bond donors (Lipinski definition) is 1. The molecule has 2 nitrogen and oxygen atoms in total. The number of halogens is 1. The second-order valence-corrected chi connectivity index (χ2v) is 5.40. The van der Waals surface area contributed by atoms with E-state index in [1.54, 1.807) is 0 Å². The summed E-state index contributed by atoms with van der Waals surface area (Å²) in [5.74, 6) is 0.973. The van der Waals surface area contributed by atoms with Gasteiger partial charge in [0.05, 0.1) is 6.10 Å². The Hall–Kier alpha value is -0.730. The summed E-state index contributed by atoms with van der Waals surface area (Å²) in [6, 6.07) is 6.60. The Kier molecular flexibility index (Phi) is 4.90. The van der Waals surface area contributed by atoms with Crippen molar-refractivity contribution in [1.29, 1.82) is 0 Å². The number of benzene rings is 1. The third-order valence-electron chi connectivity index (χ3n) is 3.39. The van der Waals surface area contributed by atoms with Crippen molar-refractivity contribution in [3.05, 3.63) is 28.8 Å². The summed E-state index contributed by atoms with van der Waals surface area (Å²) in [5.41, 5.74) is 1.17. The lowest BCUT2D eigenvalue weighted by Gasteiger charge is -2.19. The van der Waals surface area contributed by atoms with Crippen molar-refractivity contribution >= 4 is 11.6 Å². The van der Waals surface area contributed by atoms with Crippen LogP contribution in [0.5, 0.6) is 5.75 Å². The SMILES string of the molecule is CCC(CC)Oc1ccc(Cl)cc1CNC1CC1. The molecule has 0 saturated heterocycles. The van der Waals surface area contributed by atoms with Gasteiger partial charge in [-0.2, -0.15) is 0 Å². The predicted octanol–water partition coefficient (Wildman–Crippen LogP) is 4.16. The maximum atomic E-state index is 6.07. The lowest BCUT2D eigenvalue weighted by Crippen LogP contribution is -2.19. The summed E-state index contributed by atoms with van der Waals surface area (Å²) < 4.78 is 6.05. The number of rotatable bonds is 7. The van der Waals surface area contributed by atoms with Gasteiger partial charge in [0.1, 0.15) is 5.75 Å². The highest BCUT2D eigenvalue weighted by Crippen LogP contribution is 2.26. The highest BCUT2D eigenvalue weighted by Gasteiger charge is 2.21. The first-order valence-corrected chi connectivity index (χ1v) is 7.29. The van der Waals surface area contributed by atoms with Crippen LogP contribution in [0.2, 0.25) is 5.02 Å². The second kappa shape index (κ2) is 6.44. The average Bonchev–Trinajstić information content (AvgIpc) is 3.19. The van der Waals surface area contributed by atoms with Crippen molar-refractivity contribution in [3.8, 4) is 5.75 Å². The van der Waals surface area contributed by atoms with E-state index in [0.717, 1.165) is 30.2 Å². The maximum absolute atomic E-state index is 6.07. The summed E-state index contributed by atoms with van der Waals surface area (Å²) in [6.45, 7) is 5.17. The summed E-state index contributed by atoms with van der Waals surface area (Å²) in [6.07, 6.45) is 4.96. The van der Waals surface area contributed by atoms with Gasteiger partial charge >= 0.3 is 0 Å². The van der Waals surface area contributed by atoms with E-state index in [4.69, 9.17) is 16.3 Å². The minimum Gasteiger partial charge on any atom is -0.490 e. The van der Waals surface area contributed by atoms with Gasteiger partial charge in [-0.15, -0.1) is 0 Å². The standard InChI is InChI=1S/C15H22ClNO/c1-3-14(4-2)18-15-8-5-12(16)9-11(15)10-17-13-6-7-13/h5,8-9,13-14,17H,3-4,6-7,10H2,1-2H3. The van der Waals surface area contributed by atoms with Gasteiger partial charge in [-0.3, -0.25) is 0 Å².